The van der Waals surface area contributed by atoms with Crippen LogP contribution < -0.4 is 0 Å². The van der Waals surface area contributed by atoms with Crippen LogP contribution in [-0.2, 0) is 4.79 Å². The van der Waals surface area contributed by atoms with Crippen LogP contribution in [-0.4, -0.2) is 11.1 Å². The van der Waals surface area contributed by atoms with Gasteiger partial charge >= 0.3 is 5.97 Å². The molecule has 180 valence electrons. The number of carbonyl (C=O) groups is 1. The molecule has 0 radical (unpaired) electrons. The van der Waals surface area contributed by atoms with Crippen LogP contribution in [0, 0.1) is 39.9 Å². The third-order valence-corrected chi connectivity index (χ3v) is 10.5. The normalized spacial score (nSPS) is 39.5. The van der Waals surface area contributed by atoms with Crippen LogP contribution >= 0.6 is 0 Å². The first kappa shape index (κ1) is 25.3. The lowest BCUT2D eigenvalue weighted by atomic mass is 9.44. The highest BCUT2D eigenvalue weighted by atomic mass is 16.4. The number of aliphatic carboxylic acids is 1. The van der Waals surface area contributed by atoms with Gasteiger partial charge < -0.3 is 5.11 Å². The van der Waals surface area contributed by atoms with Crippen LogP contribution in [0.1, 0.15) is 106 Å². The van der Waals surface area contributed by atoms with Crippen LogP contribution in [0.3, 0.4) is 0 Å². The summed E-state index contributed by atoms with van der Waals surface area (Å²) in [5, 5.41) is 9.48. The first-order valence-electron chi connectivity index (χ1n) is 13.1. The molecule has 0 bridgehead atoms. The summed E-state index contributed by atoms with van der Waals surface area (Å²) in [5.74, 6) is 1.75. The molecule has 3 aliphatic carbocycles. The monoisotopic (exact) mass is 440 g/mol. The molecule has 0 aromatic carbocycles. The second-order valence-corrected chi connectivity index (χ2v) is 12.5. The summed E-state index contributed by atoms with van der Waals surface area (Å²) < 4.78 is 0. The second-order valence-electron chi connectivity index (χ2n) is 12.5. The van der Waals surface area contributed by atoms with Crippen molar-refractivity contribution in [3.8, 4) is 0 Å². The van der Waals surface area contributed by atoms with Crippen molar-refractivity contribution in [3.05, 3.63) is 35.5 Å². The van der Waals surface area contributed by atoms with E-state index in [4.69, 9.17) is 0 Å². The number of fused-ring (bicyclic) bond motifs is 3. The zero-order valence-corrected chi connectivity index (χ0v) is 21.9. The number of rotatable bonds is 8. The molecule has 0 spiro atoms. The Bertz CT molecular complexity index is 800. The summed E-state index contributed by atoms with van der Waals surface area (Å²) in [7, 11) is 0. The van der Waals surface area contributed by atoms with Gasteiger partial charge in [0.25, 0.3) is 0 Å². The molecule has 3 rings (SSSR count). The Balaban J connectivity index is 1.91. The molecule has 0 heterocycles. The van der Waals surface area contributed by atoms with Crippen molar-refractivity contribution in [1.82, 2.24) is 0 Å². The first-order valence-corrected chi connectivity index (χ1v) is 13.1. The van der Waals surface area contributed by atoms with E-state index in [0.29, 0.717) is 17.3 Å². The maximum atomic E-state index is 11.5. The molecule has 7 atom stereocenters. The predicted molar refractivity (Wildman–Crippen MR) is 135 cm³/mol. The van der Waals surface area contributed by atoms with E-state index in [1.54, 1.807) is 5.57 Å². The van der Waals surface area contributed by atoms with Crippen LogP contribution in [0.4, 0.5) is 0 Å². The summed E-state index contributed by atoms with van der Waals surface area (Å²) in [6.45, 7) is 20.9. The van der Waals surface area contributed by atoms with Gasteiger partial charge in [-0.25, -0.2) is 0 Å². The quantitative estimate of drug-likeness (QED) is 0.384. The molecule has 2 heteroatoms. The number of carboxylic acids is 1. The Labute approximate surface area is 197 Å². The van der Waals surface area contributed by atoms with E-state index in [0.717, 1.165) is 24.7 Å². The van der Waals surface area contributed by atoms with E-state index in [1.807, 2.05) is 0 Å². The molecule has 2 nitrogen and oxygen atoms in total. The maximum Gasteiger partial charge on any atom is 0.303 e. The second kappa shape index (κ2) is 9.15. The van der Waals surface area contributed by atoms with Crippen molar-refractivity contribution in [2.75, 3.05) is 0 Å². The summed E-state index contributed by atoms with van der Waals surface area (Å²) in [6, 6.07) is 0. The fraction of sp³-hybridized carbons (Fsp3) is 0.767. The van der Waals surface area contributed by atoms with E-state index in [1.165, 1.54) is 49.7 Å². The van der Waals surface area contributed by atoms with Gasteiger partial charge in [-0.15, -0.1) is 0 Å². The molecule has 32 heavy (non-hydrogen) atoms. The molecule has 0 aliphatic heterocycles. The fourth-order valence-electron chi connectivity index (χ4n) is 8.42. The molecule has 2 saturated carbocycles. The Morgan fingerprint density at radius 2 is 1.91 bits per heavy atom. The zero-order valence-electron chi connectivity index (χ0n) is 21.9. The lowest BCUT2D eigenvalue weighted by Gasteiger charge is -2.60. The third-order valence-electron chi connectivity index (χ3n) is 10.5. The molecule has 3 aliphatic rings. The molecular formula is C30H48O2. The van der Waals surface area contributed by atoms with Gasteiger partial charge in [0.2, 0.25) is 0 Å². The predicted octanol–water partition coefficient (Wildman–Crippen LogP) is 8.60. The molecule has 1 N–H and O–H groups in total. The zero-order chi connectivity index (χ0) is 23.9. The molecule has 7 unspecified atom stereocenters. The number of allylic oxidation sites excluding steroid dienone is 5. The molecule has 0 saturated heterocycles. The Morgan fingerprint density at radius 3 is 2.50 bits per heavy atom. The van der Waals surface area contributed by atoms with Crippen molar-refractivity contribution < 1.29 is 9.90 Å². The van der Waals surface area contributed by atoms with E-state index in [9.17, 15) is 9.90 Å². The Hall–Kier alpha value is -1.31. The van der Waals surface area contributed by atoms with Crippen molar-refractivity contribution in [3.63, 3.8) is 0 Å². The number of carboxylic acid groups (broad SMARTS) is 1. The van der Waals surface area contributed by atoms with Gasteiger partial charge in [-0.2, -0.15) is 0 Å². The highest BCUT2D eigenvalue weighted by Gasteiger charge is 2.63. The number of hydrogen-bond donors (Lipinski definition) is 1. The van der Waals surface area contributed by atoms with Gasteiger partial charge in [0.05, 0.1) is 0 Å². The highest BCUT2D eigenvalue weighted by molar-refractivity contribution is 5.66. The standard InChI is InChI=1S/C30H48O2/c1-20(2)10-9-11-22(5)24-14-18-30(8)26-13-12-23(21(3)4)28(6,17-16-27(31)32)25(26)15-19-29(24,30)7/h10,13,22-25H,3,9,11-12,14-19H2,1-2,4-8H3,(H,31,32). The Kier molecular flexibility index (Phi) is 7.24. The average molecular weight is 441 g/mol. The van der Waals surface area contributed by atoms with Crippen molar-refractivity contribution in [2.24, 2.45) is 39.9 Å². The lowest BCUT2D eigenvalue weighted by molar-refractivity contribution is -0.138. The first-order chi connectivity index (χ1) is 14.9. The SMILES string of the molecule is C=C(C)C1CC=C2C(CCC3(C)C(C(C)CCC=C(C)C)CCC23C)C1(C)CCC(=O)O. The van der Waals surface area contributed by atoms with E-state index < -0.39 is 5.97 Å². The van der Waals surface area contributed by atoms with Gasteiger partial charge in [-0.1, -0.05) is 63.1 Å². The average Bonchev–Trinajstić information content (AvgIpc) is 2.98. The fourth-order valence-corrected chi connectivity index (χ4v) is 8.42. The minimum absolute atomic E-state index is 0.00575. The van der Waals surface area contributed by atoms with Gasteiger partial charge in [0, 0.05) is 6.42 Å². The van der Waals surface area contributed by atoms with Crippen LogP contribution in [0.2, 0.25) is 0 Å². The summed E-state index contributed by atoms with van der Waals surface area (Å²) >= 11 is 0. The van der Waals surface area contributed by atoms with Gasteiger partial charge in [-0.05, 0) is 112 Å². The van der Waals surface area contributed by atoms with Crippen molar-refractivity contribution in [2.45, 2.75) is 106 Å². The van der Waals surface area contributed by atoms with E-state index >= 15 is 0 Å². The number of hydrogen-bond acceptors (Lipinski definition) is 1. The van der Waals surface area contributed by atoms with Gasteiger partial charge in [0.1, 0.15) is 0 Å². The lowest BCUT2D eigenvalue weighted by Crippen LogP contribution is -2.52. The van der Waals surface area contributed by atoms with Gasteiger partial charge in [0.15, 0.2) is 0 Å². The van der Waals surface area contributed by atoms with Gasteiger partial charge in [-0.3, -0.25) is 4.79 Å². The van der Waals surface area contributed by atoms with Crippen molar-refractivity contribution >= 4 is 5.97 Å². The summed E-state index contributed by atoms with van der Waals surface area (Å²) in [6.07, 6.45) is 14.6. The summed E-state index contributed by atoms with van der Waals surface area (Å²) in [4.78, 5) is 11.5. The maximum absolute atomic E-state index is 11.5. The Morgan fingerprint density at radius 1 is 1.22 bits per heavy atom. The van der Waals surface area contributed by atoms with Crippen molar-refractivity contribution in [1.29, 1.82) is 0 Å². The van der Waals surface area contributed by atoms with Crippen LogP contribution in [0.5, 0.6) is 0 Å². The third kappa shape index (κ3) is 4.16. The smallest absolute Gasteiger partial charge is 0.303 e. The molecule has 2 fully saturated rings. The largest absolute Gasteiger partial charge is 0.481 e. The molecular weight excluding hydrogens is 392 g/mol. The molecule has 0 aromatic rings. The van der Waals surface area contributed by atoms with E-state index in [-0.39, 0.29) is 17.3 Å². The van der Waals surface area contributed by atoms with Crippen LogP contribution in [0.15, 0.2) is 35.5 Å². The van der Waals surface area contributed by atoms with E-state index in [2.05, 4.69) is 67.2 Å². The van der Waals surface area contributed by atoms with Crippen LogP contribution in [0.25, 0.3) is 0 Å². The topological polar surface area (TPSA) is 37.3 Å². The summed E-state index contributed by atoms with van der Waals surface area (Å²) in [5.41, 5.74) is 4.94. The minimum atomic E-state index is -0.666. The molecule has 0 aromatic heterocycles. The minimum Gasteiger partial charge on any atom is -0.481 e. The molecule has 0 amide bonds. The highest BCUT2D eigenvalue weighted by Crippen LogP contribution is 2.71.